The van der Waals surface area contributed by atoms with Gasteiger partial charge in [-0.05, 0) is 23.6 Å². The first-order chi connectivity index (χ1) is 15.5. The first-order valence-corrected chi connectivity index (χ1v) is 12.5. The van der Waals surface area contributed by atoms with E-state index in [9.17, 15) is 13.2 Å². The van der Waals surface area contributed by atoms with E-state index in [2.05, 4.69) is 20.2 Å². The third-order valence-electron chi connectivity index (χ3n) is 5.41. The zero-order valence-corrected chi connectivity index (χ0v) is 18.6. The Bertz CT molecular complexity index is 1340. The lowest BCUT2D eigenvalue weighted by atomic mass is 10.2. The molecule has 4 aromatic rings. The van der Waals surface area contributed by atoms with Crippen molar-refractivity contribution >= 4 is 38.3 Å². The largest absolute Gasteiger partial charge is 0.421 e. The number of carbonyl (C=O) groups is 1. The van der Waals surface area contributed by atoms with E-state index in [0.717, 1.165) is 5.56 Å². The first kappa shape index (κ1) is 20.8. The number of rotatable bonds is 6. The van der Waals surface area contributed by atoms with Gasteiger partial charge < -0.3 is 14.3 Å². The van der Waals surface area contributed by atoms with E-state index in [4.69, 9.17) is 4.42 Å². The molecular formula is C20H20N6O4S2. The fraction of sp³-hybridized carbons (Fsp3) is 0.300. The number of aryl methyl sites for hydroxylation is 1. The molecule has 0 spiro atoms. The SMILES string of the molecule is O=C(CCc1nnc(-c2ccsc2)o1)N1CCN(S(=O)(=O)c2c[nH]c3ncccc23)CC1. The van der Waals surface area contributed by atoms with Crippen LogP contribution in [0.2, 0.25) is 0 Å². The van der Waals surface area contributed by atoms with Crippen LogP contribution in [-0.4, -0.2) is 69.9 Å². The van der Waals surface area contributed by atoms with Gasteiger partial charge in [0.2, 0.25) is 27.7 Å². The van der Waals surface area contributed by atoms with E-state index in [1.54, 1.807) is 34.6 Å². The lowest BCUT2D eigenvalue weighted by Crippen LogP contribution is -2.50. The first-order valence-electron chi connectivity index (χ1n) is 10.1. The van der Waals surface area contributed by atoms with E-state index in [0.29, 0.717) is 42.3 Å². The number of sulfonamides is 1. The van der Waals surface area contributed by atoms with Crippen LogP contribution in [0.4, 0.5) is 0 Å². The summed E-state index contributed by atoms with van der Waals surface area (Å²) in [6.45, 7) is 1.15. The molecule has 5 heterocycles. The molecule has 1 fully saturated rings. The average molecular weight is 473 g/mol. The third-order valence-corrected chi connectivity index (χ3v) is 8.03. The number of hydrogen-bond acceptors (Lipinski definition) is 8. The van der Waals surface area contributed by atoms with Crippen molar-refractivity contribution in [2.75, 3.05) is 26.2 Å². The highest BCUT2D eigenvalue weighted by molar-refractivity contribution is 7.89. The van der Waals surface area contributed by atoms with Gasteiger partial charge in [-0.1, -0.05) is 0 Å². The summed E-state index contributed by atoms with van der Waals surface area (Å²) < 4.78 is 33.2. The van der Waals surface area contributed by atoms with Crippen molar-refractivity contribution in [3.05, 3.63) is 47.2 Å². The van der Waals surface area contributed by atoms with Gasteiger partial charge in [-0.3, -0.25) is 4.79 Å². The summed E-state index contributed by atoms with van der Waals surface area (Å²) >= 11 is 1.54. The number of hydrogen-bond donors (Lipinski definition) is 1. The zero-order valence-electron chi connectivity index (χ0n) is 17.0. The monoisotopic (exact) mass is 472 g/mol. The number of piperazine rings is 1. The summed E-state index contributed by atoms with van der Waals surface area (Å²) in [6, 6.07) is 5.33. The smallest absolute Gasteiger partial charge is 0.248 e. The fourth-order valence-corrected chi connectivity index (χ4v) is 5.89. The van der Waals surface area contributed by atoms with Gasteiger partial charge in [-0.2, -0.15) is 15.6 Å². The van der Waals surface area contributed by atoms with E-state index >= 15 is 0 Å². The summed E-state index contributed by atoms with van der Waals surface area (Å²) in [7, 11) is -3.68. The molecule has 0 aromatic carbocycles. The Morgan fingerprint density at radius 1 is 1.19 bits per heavy atom. The second kappa shape index (κ2) is 8.45. The van der Waals surface area contributed by atoms with Crippen molar-refractivity contribution in [1.82, 2.24) is 29.4 Å². The summed E-state index contributed by atoms with van der Waals surface area (Å²) in [5, 5.41) is 12.4. The Kier molecular flexibility index (Phi) is 5.49. The second-order valence-electron chi connectivity index (χ2n) is 7.35. The predicted molar refractivity (Wildman–Crippen MR) is 117 cm³/mol. The van der Waals surface area contributed by atoms with Crippen molar-refractivity contribution in [3.63, 3.8) is 0 Å². The van der Waals surface area contributed by atoms with E-state index in [1.165, 1.54) is 10.5 Å². The highest BCUT2D eigenvalue weighted by atomic mass is 32.2. The summed E-state index contributed by atoms with van der Waals surface area (Å²) in [5.41, 5.74) is 1.39. The van der Waals surface area contributed by atoms with Crippen LogP contribution >= 0.6 is 11.3 Å². The van der Waals surface area contributed by atoms with Crippen molar-refractivity contribution in [3.8, 4) is 11.5 Å². The molecule has 1 N–H and O–H groups in total. The molecule has 0 radical (unpaired) electrons. The van der Waals surface area contributed by atoms with E-state index < -0.39 is 10.0 Å². The number of amides is 1. The number of nitrogens with zero attached hydrogens (tertiary/aromatic N) is 5. The molecule has 5 rings (SSSR count). The number of pyridine rings is 1. The van der Waals surface area contributed by atoms with Crippen LogP contribution in [-0.2, 0) is 21.2 Å². The van der Waals surface area contributed by atoms with Gasteiger partial charge in [0.25, 0.3) is 0 Å². The molecule has 0 unspecified atom stereocenters. The minimum absolute atomic E-state index is 0.0615. The molecule has 166 valence electrons. The summed E-state index contributed by atoms with van der Waals surface area (Å²) in [5.74, 6) is 0.794. The van der Waals surface area contributed by atoms with Gasteiger partial charge >= 0.3 is 0 Å². The molecule has 0 bridgehead atoms. The van der Waals surface area contributed by atoms with Crippen molar-refractivity contribution in [2.45, 2.75) is 17.7 Å². The van der Waals surface area contributed by atoms with Gasteiger partial charge in [0.15, 0.2) is 0 Å². The van der Waals surface area contributed by atoms with Crippen molar-refractivity contribution in [2.24, 2.45) is 0 Å². The number of thiophene rings is 1. The second-order valence-corrected chi connectivity index (χ2v) is 10.0. The number of aromatic nitrogens is 4. The molecule has 1 saturated heterocycles. The van der Waals surface area contributed by atoms with Gasteiger partial charge in [-0.25, -0.2) is 13.4 Å². The number of aromatic amines is 1. The van der Waals surface area contributed by atoms with Crippen LogP contribution in [0.3, 0.4) is 0 Å². The maximum Gasteiger partial charge on any atom is 0.248 e. The van der Waals surface area contributed by atoms with Gasteiger partial charge in [0, 0.05) is 67.7 Å². The maximum absolute atomic E-state index is 13.1. The van der Waals surface area contributed by atoms with Gasteiger partial charge in [0.1, 0.15) is 10.5 Å². The molecule has 0 aliphatic carbocycles. The van der Waals surface area contributed by atoms with Crippen LogP contribution in [0.1, 0.15) is 12.3 Å². The molecule has 32 heavy (non-hydrogen) atoms. The van der Waals surface area contributed by atoms with Crippen molar-refractivity contribution in [1.29, 1.82) is 0 Å². The Morgan fingerprint density at radius 2 is 2.03 bits per heavy atom. The lowest BCUT2D eigenvalue weighted by molar-refractivity contribution is -0.132. The van der Waals surface area contributed by atoms with E-state index in [-0.39, 0.29) is 30.3 Å². The molecule has 12 heteroatoms. The van der Waals surface area contributed by atoms with Crippen molar-refractivity contribution < 1.29 is 17.6 Å². The van der Waals surface area contributed by atoms with Gasteiger partial charge in [-0.15, -0.1) is 10.2 Å². The number of carbonyl (C=O) groups excluding carboxylic acids is 1. The van der Waals surface area contributed by atoms with Crippen LogP contribution < -0.4 is 0 Å². The number of nitrogens with one attached hydrogen (secondary N) is 1. The minimum Gasteiger partial charge on any atom is -0.421 e. The Morgan fingerprint density at radius 3 is 2.81 bits per heavy atom. The molecular weight excluding hydrogens is 452 g/mol. The highest BCUT2D eigenvalue weighted by Crippen LogP contribution is 2.25. The average Bonchev–Trinajstić information content (AvgIpc) is 3.58. The highest BCUT2D eigenvalue weighted by Gasteiger charge is 2.32. The van der Waals surface area contributed by atoms with Crippen LogP contribution in [0, 0.1) is 0 Å². The standard InChI is InChI=1S/C20H20N6O4S2/c27-18(4-3-17-23-24-20(30-17)14-5-11-31-13-14)25-7-9-26(10-8-25)32(28,29)16-12-22-19-15(16)2-1-6-21-19/h1-2,5-6,11-13H,3-4,7-10H2,(H,21,22). The molecule has 10 nitrogen and oxygen atoms in total. The summed E-state index contributed by atoms with van der Waals surface area (Å²) in [4.78, 5) is 21.6. The zero-order chi connectivity index (χ0) is 22.1. The normalized spacial score (nSPS) is 15.4. The quantitative estimate of drug-likeness (QED) is 0.456. The Hall–Kier alpha value is -3.09. The van der Waals surface area contributed by atoms with Gasteiger partial charge in [0.05, 0.1) is 0 Å². The topological polar surface area (TPSA) is 125 Å². The Balaban J connectivity index is 1.18. The molecule has 0 saturated carbocycles. The van der Waals surface area contributed by atoms with E-state index in [1.807, 2.05) is 16.8 Å². The molecule has 1 aliphatic rings. The molecule has 1 aliphatic heterocycles. The number of fused-ring (bicyclic) bond motifs is 1. The van der Waals surface area contributed by atoms with Crippen LogP contribution in [0.15, 0.2) is 50.7 Å². The predicted octanol–water partition coefficient (Wildman–Crippen LogP) is 2.14. The molecule has 1 amide bonds. The van der Waals surface area contributed by atoms with Crippen LogP contribution in [0.5, 0.6) is 0 Å². The molecule has 0 atom stereocenters. The lowest BCUT2D eigenvalue weighted by Gasteiger charge is -2.33. The minimum atomic E-state index is -3.68. The number of H-pyrrole nitrogens is 1. The maximum atomic E-state index is 13.1. The Labute approximate surface area is 187 Å². The van der Waals surface area contributed by atoms with Crippen LogP contribution in [0.25, 0.3) is 22.5 Å². The molecule has 4 aromatic heterocycles. The fourth-order valence-electron chi connectivity index (χ4n) is 3.69. The third kappa shape index (κ3) is 3.92. The summed E-state index contributed by atoms with van der Waals surface area (Å²) in [6.07, 6.45) is 3.65.